The summed E-state index contributed by atoms with van der Waals surface area (Å²) in [5.74, 6) is 0.457. The van der Waals surface area contributed by atoms with E-state index < -0.39 is 5.54 Å². The van der Waals surface area contributed by atoms with Gasteiger partial charge in [0, 0.05) is 13.6 Å². The van der Waals surface area contributed by atoms with Gasteiger partial charge < -0.3 is 15.3 Å². The smallest absolute Gasteiger partial charge is 0.230 e. The molecule has 1 atom stereocenters. The largest absolute Gasteiger partial charge is 0.394 e. The maximum atomic E-state index is 12.7. The summed E-state index contributed by atoms with van der Waals surface area (Å²) in [4.78, 5) is 14.4. The molecule has 17 heavy (non-hydrogen) atoms. The lowest BCUT2D eigenvalue weighted by Crippen LogP contribution is -2.55. The zero-order valence-corrected chi connectivity index (χ0v) is 11.7. The van der Waals surface area contributed by atoms with Crippen LogP contribution in [0, 0.1) is 11.3 Å². The number of hydrogen-bond acceptors (Lipinski definition) is 3. The van der Waals surface area contributed by atoms with Crippen LogP contribution in [0.25, 0.3) is 0 Å². The fourth-order valence-corrected chi connectivity index (χ4v) is 2.35. The molecular formula is C13H26N2O2. The second kappa shape index (κ2) is 4.94. The van der Waals surface area contributed by atoms with Crippen LogP contribution in [0.4, 0.5) is 0 Å². The Hall–Kier alpha value is -0.610. The molecule has 4 heteroatoms. The van der Waals surface area contributed by atoms with Gasteiger partial charge in [-0.15, -0.1) is 0 Å². The van der Waals surface area contributed by atoms with Crippen molar-refractivity contribution in [3.63, 3.8) is 0 Å². The van der Waals surface area contributed by atoms with Crippen molar-refractivity contribution >= 4 is 5.91 Å². The lowest BCUT2D eigenvalue weighted by atomic mass is 9.74. The third-order valence-electron chi connectivity index (χ3n) is 4.32. The molecule has 0 aromatic rings. The average Bonchev–Trinajstić information content (AvgIpc) is 2.77. The fourth-order valence-electron chi connectivity index (χ4n) is 2.35. The predicted octanol–water partition coefficient (Wildman–Crippen LogP) is 0.851. The molecule has 0 spiro atoms. The summed E-state index contributed by atoms with van der Waals surface area (Å²) in [5, 5.41) is 12.7. The van der Waals surface area contributed by atoms with Crippen molar-refractivity contribution in [2.45, 2.75) is 39.7 Å². The number of nitrogens with one attached hydrogen (secondary N) is 1. The number of rotatable bonds is 4. The van der Waals surface area contributed by atoms with E-state index in [4.69, 9.17) is 0 Å². The average molecular weight is 242 g/mol. The first kappa shape index (κ1) is 14.5. The second-order valence-electron chi connectivity index (χ2n) is 6.07. The van der Waals surface area contributed by atoms with Gasteiger partial charge in [-0.1, -0.05) is 13.8 Å². The minimum atomic E-state index is -0.498. The normalized spacial score (nSPS) is 25.4. The first-order valence-corrected chi connectivity index (χ1v) is 6.38. The lowest BCUT2D eigenvalue weighted by molar-refractivity contribution is -0.148. The van der Waals surface area contributed by atoms with E-state index in [0.29, 0.717) is 5.92 Å². The Kier molecular flexibility index (Phi) is 4.20. The molecule has 0 saturated carbocycles. The monoisotopic (exact) mass is 242 g/mol. The number of aliphatic hydroxyl groups is 1. The molecule has 0 aromatic carbocycles. The molecule has 4 nitrogen and oxygen atoms in total. The molecule has 1 heterocycles. The zero-order chi connectivity index (χ0) is 13.3. The maximum absolute atomic E-state index is 12.7. The molecule has 1 amide bonds. The van der Waals surface area contributed by atoms with Gasteiger partial charge in [0.05, 0.1) is 17.6 Å². The Bertz CT molecular complexity index is 281. The van der Waals surface area contributed by atoms with E-state index in [0.717, 1.165) is 19.5 Å². The molecule has 1 fully saturated rings. The van der Waals surface area contributed by atoms with Gasteiger partial charge in [0.2, 0.25) is 5.91 Å². The summed E-state index contributed by atoms with van der Waals surface area (Å²) < 4.78 is 0. The highest BCUT2D eigenvalue weighted by atomic mass is 16.3. The van der Waals surface area contributed by atoms with E-state index in [2.05, 4.69) is 19.2 Å². The van der Waals surface area contributed by atoms with Crippen molar-refractivity contribution in [2.24, 2.45) is 11.3 Å². The van der Waals surface area contributed by atoms with E-state index >= 15 is 0 Å². The number of likely N-dealkylation sites (N-methyl/N-ethyl adjacent to an activating group) is 1. The maximum Gasteiger partial charge on any atom is 0.230 e. The van der Waals surface area contributed by atoms with Crippen LogP contribution in [0.15, 0.2) is 0 Å². The Morgan fingerprint density at radius 2 is 2.12 bits per heavy atom. The number of nitrogens with zero attached hydrogens (tertiary/aromatic N) is 1. The molecule has 1 rings (SSSR count). The molecule has 0 aromatic heterocycles. The third kappa shape index (κ3) is 2.47. The summed E-state index contributed by atoms with van der Waals surface area (Å²) >= 11 is 0. The first-order chi connectivity index (χ1) is 7.78. The number of carbonyl (C=O) groups is 1. The summed E-state index contributed by atoms with van der Waals surface area (Å²) in [6.45, 7) is 9.61. The van der Waals surface area contributed by atoms with E-state index in [9.17, 15) is 9.90 Å². The minimum Gasteiger partial charge on any atom is -0.394 e. The molecule has 0 aliphatic carbocycles. The number of amides is 1. The van der Waals surface area contributed by atoms with E-state index in [1.165, 1.54) is 0 Å². The first-order valence-electron chi connectivity index (χ1n) is 6.38. The number of hydrogen-bond donors (Lipinski definition) is 2. The Morgan fingerprint density at radius 3 is 2.47 bits per heavy atom. The molecule has 100 valence electrons. The van der Waals surface area contributed by atoms with Crippen LogP contribution >= 0.6 is 0 Å². The molecule has 2 N–H and O–H groups in total. The standard InChI is InChI=1S/C13H26N2O2/c1-10(2)13(6-7-14-8-13)11(17)15(5)12(3,4)9-16/h10,14,16H,6-9H2,1-5H3. The summed E-state index contributed by atoms with van der Waals surface area (Å²) in [7, 11) is 1.79. The molecule has 0 bridgehead atoms. The Morgan fingerprint density at radius 1 is 1.53 bits per heavy atom. The number of aliphatic hydroxyl groups excluding tert-OH is 1. The highest BCUT2D eigenvalue weighted by Gasteiger charge is 2.47. The van der Waals surface area contributed by atoms with E-state index in [1.807, 2.05) is 13.8 Å². The van der Waals surface area contributed by atoms with Gasteiger partial charge in [-0.3, -0.25) is 4.79 Å². The van der Waals surface area contributed by atoms with Gasteiger partial charge in [0.15, 0.2) is 0 Å². The molecule has 0 radical (unpaired) electrons. The lowest BCUT2D eigenvalue weighted by Gasteiger charge is -2.42. The highest BCUT2D eigenvalue weighted by molar-refractivity contribution is 5.84. The molecule has 1 aliphatic heterocycles. The van der Waals surface area contributed by atoms with Crippen molar-refractivity contribution in [1.29, 1.82) is 0 Å². The van der Waals surface area contributed by atoms with Crippen molar-refractivity contribution in [3.05, 3.63) is 0 Å². The molecule has 1 saturated heterocycles. The van der Waals surface area contributed by atoms with Gasteiger partial charge in [-0.2, -0.15) is 0 Å². The summed E-state index contributed by atoms with van der Waals surface area (Å²) in [6, 6.07) is 0. The third-order valence-corrected chi connectivity index (χ3v) is 4.32. The quantitative estimate of drug-likeness (QED) is 0.768. The van der Waals surface area contributed by atoms with Crippen molar-refractivity contribution in [2.75, 3.05) is 26.7 Å². The summed E-state index contributed by atoms with van der Waals surface area (Å²) in [6.07, 6.45) is 0.884. The van der Waals surface area contributed by atoms with Gasteiger partial charge in [-0.25, -0.2) is 0 Å². The van der Waals surface area contributed by atoms with Crippen molar-refractivity contribution in [3.8, 4) is 0 Å². The van der Waals surface area contributed by atoms with Gasteiger partial charge in [0.1, 0.15) is 0 Å². The Labute approximate surface area is 104 Å². The van der Waals surface area contributed by atoms with Crippen LogP contribution in [-0.4, -0.2) is 48.2 Å². The number of carbonyl (C=O) groups excluding carboxylic acids is 1. The Balaban J connectivity index is 2.94. The van der Waals surface area contributed by atoms with Crippen molar-refractivity contribution in [1.82, 2.24) is 10.2 Å². The van der Waals surface area contributed by atoms with Crippen LogP contribution in [-0.2, 0) is 4.79 Å². The molecular weight excluding hydrogens is 216 g/mol. The van der Waals surface area contributed by atoms with Gasteiger partial charge in [0.25, 0.3) is 0 Å². The van der Waals surface area contributed by atoms with Crippen molar-refractivity contribution < 1.29 is 9.90 Å². The SMILES string of the molecule is CC(C)C1(C(=O)N(C)C(C)(C)CO)CCNC1. The van der Waals surface area contributed by atoms with Gasteiger partial charge >= 0.3 is 0 Å². The van der Waals surface area contributed by atoms with Crippen LogP contribution in [0.3, 0.4) is 0 Å². The van der Waals surface area contributed by atoms with Crippen LogP contribution in [0.2, 0.25) is 0 Å². The molecule has 1 unspecified atom stereocenters. The molecule has 1 aliphatic rings. The van der Waals surface area contributed by atoms with Crippen LogP contribution in [0.5, 0.6) is 0 Å². The van der Waals surface area contributed by atoms with Crippen LogP contribution < -0.4 is 5.32 Å². The highest BCUT2D eigenvalue weighted by Crippen LogP contribution is 2.37. The topological polar surface area (TPSA) is 52.6 Å². The fraction of sp³-hybridized carbons (Fsp3) is 0.923. The summed E-state index contributed by atoms with van der Waals surface area (Å²) in [5.41, 5.74) is -0.803. The minimum absolute atomic E-state index is 0.0170. The predicted molar refractivity (Wildman–Crippen MR) is 68.7 cm³/mol. The van der Waals surface area contributed by atoms with Gasteiger partial charge in [-0.05, 0) is 32.7 Å². The zero-order valence-electron chi connectivity index (χ0n) is 11.7. The van der Waals surface area contributed by atoms with E-state index in [-0.39, 0.29) is 17.9 Å². The second-order valence-corrected chi connectivity index (χ2v) is 6.07. The van der Waals surface area contributed by atoms with E-state index in [1.54, 1.807) is 11.9 Å². The van der Waals surface area contributed by atoms with Crippen LogP contribution in [0.1, 0.15) is 34.1 Å².